The highest BCUT2D eigenvalue weighted by atomic mass is 16.5. The fourth-order valence-electron chi connectivity index (χ4n) is 0.377. The highest BCUT2D eigenvalue weighted by Crippen LogP contribution is 1.97. The molecule has 0 aliphatic rings. The summed E-state index contributed by atoms with van der Waals surface area (Å²) in [5, 5.41) is 0. The van der Waals surface area contributed by atoms with Gasteiger partial charge < -0.3 is 4.74 Å². The summed E-state index contributed by atoms with van der Waals surface area (Å²) in [5.41, 5.74) is 0.593. The van der Waals surface area contributed by atoms with E-state index in [0.29, 0.717) is 5.57 Å². The van der Waals surface area contributed by atoms with Crippen LogP contribution in [0.1, 0.15) is 13.8 Å². The third-order valence-electron chi connectivity index (χ3n) is 1.22. The summed E-state index contributed by atoms with van der Waals surface area (Å²) in [6.45, 7) is 9.68. The van der Waals surface area contributed by atoms with Crippen LogP contribution in [0.4, 0.5) is 0 Å². The topological polar surface area (TPSA) is 43.4 Å². The molecule has 66 valence electrons. The minimum absolute atomic E-state index is 0.0545. The van der Waals surface area contributed by atoms with E-state index in [-0.39, 0.29) is 18.0 Å². The van der Waals surface area contributed by atoms with Gasteiger partial charge in [0.15, 0.2) is 5.78 Å². The molecule has 0 heterocycles. The van der Waals surface area contributed by atoms with Crippen LogP contribution in [0.2, 0.25) is 0 Å². The molecule has 0 rings (SSSR count). The van der Waals surface area contributed by atoms with Crippen LogP contribution < -0.4 is 0 Å². The number of carbonyl (C=O) groups excluding carboxylic acids is 2. The predicted octanol–water partition coefficient (Wildman–Crippen LogP) is 1.25. The molecular formula is C9H12O3. The van der Waals surface area contributed by atoms with E-state index >= 15 is 0 Å². The van der Waals surface area contributed by atoms with E-state index in [9.17, 15) is 9.59 Å². The van der Waals surface area contributed by atoms with Gasteiger partial charge in [0.1, 0.15) is 6.61 Å². The average molecular weight is 168 g/mol. The first-order valence-electron chi connectivity index (χ1n) is 3.46. The zero-order chi connectivity index (χ0) is 9.72. The van der Waals surface area contributed by atoms with Gasteiger partial charge in [-0.3, -0.25) is 4.79 Å². The number of Topliss-reactive ketones (excluding diaryl/α,β-unsaturated/α-hetero) is 1. The van der Waals surface area contributed by atoms with Gasteiger partial charge in [-0.05, 0) is 13.8 Å². The van der Waals surface area contributed by atoms with E-state index in [4.69, 9.17) is 0 Å². The van der Waals surface area contributed by atoms with Crippen LogP contribution in [0.15, 0.2) is 24.3 Å². The van der Waals surface area contributed by atoms with Crippen molar-refractivity contribution >= 4 is 11.8 Å². The van der Waals surface area contributed by atoms with Gasteiger partial charge in [-0.2, -0.15) is 0 Å². The molecule has 0 aliphatic carbocycles. The number of carbonyl (C=O) groups is 2. The molecule has 0 amide bonds. The number of ether oxygens (including phenoxy) is 1. The molecule has 0 unspecified atom stereocenters. The van der Waals surface area contributed by atoms with Gasteiger partial charge in [-0.25, -0.2) is 4.79 Å². The molecule has 12 heavy (non-hydrogen) atoms. The van der Waals surface area contributed by atoms with Crippen molar-refractivity contribution in [3.8, 4) is 0 Å². The molecule has 0 aromatic heterocycles. The number of esters is 1. The lowest BCUT2D eigenvalue weighted by Crippen LogP contribution is -2.10. The maximum absolute atomic E-state index is 10.8. The van der Waals surface area contributed by atoms with E-state index in [2.05, 4.69) is 17.9 Å². The smallest absolute Gasteiger partial charge is 0.333 e. The molecule has 0 aliphatic heterocycles. The summed E-state index contributed by atoms with van der Waals surface area (Å²) >= 11 is 0. The van der Waals surface area contributed by atoms with Crippen molar-refractivity contribution in [3.05, 3.63) is 24.3 Å². The van der Waals surface area contributed by atoms with Crippen LogP contribution in [0, 0.1) is 0 Å². The summed E-state index contributed by atoms with van der Waals surface area (Å²) in [6, 6.07) is 0. The van der Waals surface area contributed by atoms with Crippen LogP contribution in [0.3, 0.4) is 0 Å². The zero-order valence-corrected chi connectivity index (χ0v) is 7.35. The van der Waals surface area contributed by atoms with E-state index in [1.807, 2.05) is 0 Å². The van der Waals surface area contributed by atoms with Gasteiger partial charge in [0.2, 0.25) is 0 Å². The summed E-state index contributed by atoms with van der Waals surface area (Å²) in [7, 11) is 0. The Morgan fingerprint density at radius 3 is 2.08 bits per heavy atom. The quantitative estimate of drug-likeness (QED) is 0.468. The third kappa shape index (κ3) is 3.71. The third-order valence-corrected chi connectivity index (χ3v) is 1.22. The van der Waals surface area contributed by atoms with Crippen molar-refractivity contribution in [2.75, 3.05) is 6.61 Å². The van der Waals surface area contributed by atoms with E-state index in [1.54, 1.807) is 6.92 Å². The molecule has 0 radical (unpaired) electrons. The highest BCUT2D eigenvalue weighted by molar-refractivity contribution is 5.93. The lowest BCUT2D eigenvalue weighted by molar-refractivity contribution is -0.138. The maximum atomic E-state index is 10.8. The van der Waals surface area contributed by atoms with Gasteiger partial charge in [-0.15, -0.1) is 0 Å². The first-order chi connectivity index (χ1) is 5.45. The van der Waals surface area contributed by atoms with Crippen LogP contribution in [0.5, 0.6) is 0 Å². The zero-order valence-electron chi connectivity index (χ0n) is 7.35. The molecule has 0 atom stereocenters. The number of hydrogen-bond acceptors (Lipinski definition) is 3. The summed E-state index contributed by atoms with van der Waals surface area (Å²) in [4.78, 5) is 21.4. The van der Waals surface area contributed by atoms with Crippen molar-refractivity contribution in [1.82, 2.24) is 0 Å². The Morgan fingerprint density at radius 1 is 1.25 bits per heavy atom. The largest absolute Gasteiger partial charge is 0.457 e. The Balaban J connectivity index is 3.85. The number of rotatable bonds is 4. The van der Waals surface area contributed by atoms with Gasteiger partial charge in [-0.1, -0.05) is 13.2 Å². The SMILES string of the molecule is C=C(C)C(=O)OCC(=C)C(C)=O. The van der Waals surface area contributed by atoms with Crippen LogP contribution in [-0.2, 0) is 14.3 Å². The molecular weight excluding hydrogens is 156 g/mol. The van der Waals surface area contributed by atoms with Gasteiger partial charge in [0, 0.05) is 11.1 Å². The first-order valence-corrected chi connectivity index (χ1v) is 3.46. The van der Waals surface area contributed by atoms with Crippen molar-refractivity contribution in [3.63, 3.8) is 0 Å². The second kappa shape index (κ2) is 4.49. The molecule has 3 heteroatoms. The summed E-state index contributed by atoms with van der Waals surface area (Å²) in [5.74, 6) is -0.679. The van der Waals surface area contributed by atoms with E-state index < -0.39 is 5.97 Å². The fraction of sp³-hybridized carbons (Fsp3) is 0.333. The summed E-state index contributed by atoms with van der Waals surface area (Å²) in [6.07, 6.45) is 0. The molecule has 0 bridgehead atoms. The minimum atomic E-state index is -0.502. The number of hydrogen-bond donors (Lipinski definition) is 0. The molecule has 0 saturated heterocycles. The Bertz CT molecular complexity index is 212. The van der Waals surface area contributed by atoms with Gasteiger partial charge >= 0.3 is 5.97 Å². The lowest BCUT2D eigenvalue weighted by atomic mass is 10.2. The minimum Gasteiger partial charge on any atom is -0.457 e. The second-order valence-corrected chi connectivity index (χ2v) is 2.52. The first kappa shape index (κ1) is 10.6. The van der Waals surface area contributed by atoms with Crippen molar-refractivity contribution < 1.29 is 14.3 Å². The standard InChI is InChI=1S/C9H12O3/c1-6(2)9(11)12-5-7(3)8(4)10/h1,3,5H2,2,4H3. The Hall–Kier alpha value is -1.38. The molecule has 0 aromatic carbocycles. The monoisotopic (exact) mass is 168 g/mol. The number of ketones is 1. The summed E-state index contributed by atoms with van der Waals surface area (Å²) < 4.78 is 4.67. The van der Waals surface area contributed by atoms with E-state index in [0.717, 1.165) is 0 Å². The predicted molar refractivity (Wildman–Crippen MR) is 45.6 cm³/mol. The van der Waals surface area contributed by atoms with Crippen LogP contribution >= 0.6 is 0 Å². The Morgan fingerprint density at radius 2 is 1.75 bits per heavy atom. The highest BCUT2D eigenvalue weighted by Gasteiger charge is 2.06. The molecule has 0 saturated carbocycles. The van der Waals surface area contributed by atoms with Crippen molar-refractivity contribution in [2.45, 2.75) is 13.8 Å². The lowest BCUT2D eigenvalue weighted by Gasteiger charge is -2.03. The Kier molecular flexibility index (Phi) is 3.97. The normalized spacial score (nSPS) is 8.83. The fourth-order valence-corrected chi connectivity index (χ4v) is 0.377. The average Bonchev–Trinajstić information content (AvgIpc) is 1.98. The molecule has 0 fully saturated rings. The van der Waals surface area contributed by atoms with Crippen molar-refractivity contribution in [2.24, 2.45) is 0 Å². The van der Waals surface area contributed by atoms with Crippen molar-refractivity contribution in [1.29, 1.82) is 0 Å². The molecule has 0 spiro atoms. The van der Waals surface area contributed by atoms with Gasteiger partial charge in [0.25, 0.3) is 0 Å². The van der Waals surface area contributed by atoms with Crippen LogP contribution in [-0.4, -0.2) is 18.4 Å². The molecule has 0 aromatic rings. The van der Waals surface area contributed by atoms with Gasteiger partial charge in [0.05, 0.1) is 0 Å². The molecule has 3 nitrogen and oxygen atoms in total. The van der Waals surface area contributed by atoms with Crippen LogP contribution in [0.25, 0.3) is 0 Å². The molecule has 0 N–H and O–H groups in total. The Labute approximate surface area is 71.7 Å². The second-order valence-electron chi connectivity index (χ2n) is 2.52. The maximum Gasteiger partial charge on any atom is 0.333 e. The van der Waals surface area contributed by atoms with E-state index in [1.165, 1.54) is 6.92 Å².